The quantitative estimate of drug-likeness (QED) is 0.320. The van der Waals surface area contributed by atoms with E-state index in [0.717, 1.165) is 17.4 Å². The third-order valence-electron chi connectivity index (χ3n) is 6.20. The average Bonchev–Trinajstić information content (AvgIpc) is 3.46. The summed E-state index contributed by atoms with van der Waals surface area (Å²) in [5.41, 5.74) is 2.78. The lowest BCUT2D eigenvalue weighted by molar-refractivity contribution is -0.113. The van der Waals surface area contributed by atoms with Crippen LogP contribution in [0.3, 0.4) is 0 Å². The molecule has 1 fully saturated rings. The first-order valence-corrected chi connectivity index (χ1v) is 13.3. The van der Waals surface area contributed by atoms with E-state index in [9.17, 15) is 14.0 Å². The second kappa shape index (κ2) is 12.0. The fourth-order valence-corrected chi connectivity index (χ4v) is 4.76. The highest BCUT2D eigenvalue weighted by Crippen LogP contribution is 2.25. The van der Waals surface area contributed by atoms with Crippen molar-refractivity contribution in [3.05, 3.63) is 84.2 Å². The maximum absolute atomic E-state index is 13.4. The summed E-state index contributed by atoms with van der Waals surface area (Å²) in [5.74, 6) is 0.314. The van der Waals surface area contributed by atoms with Crippen molar-refractivity contribution in [3.8, 4) is 17.2 Å². The zero-order valence-electron chi connectivity index (χ0n) is 21.2. The number of carbonyl (C=O) groups excluding carboxylic acids is 2. The number of aromatic nitrogens is 2. The molecule has 4 aromatic rings. The number of halogens is 1. The number of hydrogen-bond acceptors (Lipinski definition) is 8. The highest BCUT2D eigenvalue weighted by atomic mass is 32.2. The van der Waals surface area contributed by atoms with E-state index >= 15 is 0 Å². The van der Waals surface area contributed by atoms with Crippen molar-refractivity contribution < 1.29 is 23.1 Å². The van der Waals surface area contributed by atoms with Gasteiger partial charge >= 0.3 is 0 Å². The summed E-state index contributed by atoms with van der Waals surface area (Å²) in [4.78, 5) is 29.3. The van der Waals surface area contributed by atoms with Crippen LogP contribution in [0.25, 0.3) is 11.5 Å². The first-order chi connectivity index (χ1) is 19.0. The number of nitrogens with zero attached hydrogens (tertiary/aromatic N) is 4. The molecule has 0 aliphatic carbocycles. The molecule has 0 radical (unpaired) electrons. The summed E-state index contributed by atoms with van der Waals surface area (Å²) in [7, 11) is 1.58. The van der Waals surface area contributed by atoms with Crippen molar-refractivity contribution in [2.75, 3.05) is 49.3 Å². The van der Waals surface area contributed by atoms with Gasteiger partial charge in [0.05, 0.1) is 12.9 Å². The van der Waals surface area contributed by atoms with Gasteiger partial charge in [-0.1, -0.05) is 23.9 Å². The second-order valence-corrected chi connectivity index (χ2v) is 9.70. The van der Waals surface area contributed by atoms with Crippen LogP contribution >= 0.6 is 11.8 Å². The van der Waals surface area contributed by atoms with Gasteiger partial charge in [-0.3, -0.25) is 9.59 Å². The smallest absolute Gasteiger partial charge is 0.277 e. The van der Waals surface area contributed by atoms with Gasteiger partial charge in [-0.05, 0) is 60.7 Å². The Hall–Kier alpha value is -4.38. The SMILES string of the molecule is COc1cccc(C(=O)N2CCN(c3ccc(NC(=O)CSc4nnc(-c5cccc(F)c5)o4)cc3)CC2)c1. The number of benzene rings is 3. The van der Waals surface area contributed by atoms with Gasteiger partial charge < -0.3 is 24.3 Å². The number of anilines is 2. The van der Waals surface area contributed by atoms with Gasteiger partial charge in [0.1, 0.15) is 11.6 Å². The number of rotatable bonds is 8. The van der Waals surface area contributed by atoms with Crippen LogP contribution in [0.4, 0.5) is 15.8 Å². The molecule has 3 aromatic carbocycles. The minimum absolute atomic E-state index is 0.00445. The fourth-order valence-electron chi connectivity index (χ4n) is 4.19. The van der Waals surface area contributed by atoms with Crippen LogP contribution in [0.5, 0.6) is 5.75 Å². The monoisotopic (exact) mass is 547 g/mol. The van der Waals surface area contributed by atoms with Crippen LogP contribution in [0.1, 0.15) is 10.4 Å². The highest BCUT2D eigenvalue weighted by Gasteiger charge is 2.22. The molecule has 200 valence electrons. The number of amides is 2. The number of hydrogen-bond donors (Lipinski definition) is 1. The molecule has 0 spiro atoms. The lowest BCUT2D eigenvalue weighted by Crippen LogP contribution is -2.48. The van der Waals surface area contributed by atoms with E-state index in [0.29, 0.717) is 48.7 Å². The molecule has 1 aliphatic rings. The third kappa shape index (κ3) is 6.55. The van der Waals surface area contributed by atoms with Gasteiger partial charge in [0.2, 0.25) is 11.8 Å². The Morgan fingerprint density at radius 1 is 1.00 bits per heavy atom. The molecule has 2 amide bonds. The van der Waals surface area contributed by atoms with E-state index in [4.69, 9.17) is 9.15 Å². The van der Waals surface area contributed by atoms with Gasteiger partial charge in [0.25, 0.3) is 11.1 Å². The van der Waals surface area contributed by atoms with E-state index in [-0.39, 0.29) is 28.7 Å². The zero-order chi connectivity index (χ0) is 27.2. The Morgan fingerprint density at radius 2 is 1.77 bits per heavy atom. The summed E-state index contributed by atoms with van der Waals surface area (Å²) in [6, 6.07) is 20.7. The molecule has 9 nitrogen and oxygen atoms in total. The van der Waals surface area contributed by atoms with Crippen LogP contribution in [0, 0.1) is 5.82 Å². The second-order valence-electron chi connectivity index (χ2n) is 8.78. The first kappa shape index (κ1) is 26.2. The Balaban J connectivity index is 1.09. The lowest BCUT2D eigenvalue weighted by atomic mass is 10.1. The topological polar surface area (TPSA) is 101 Å². The number of carbonyl (C=O) groups is 2. The molecule has 2 heterocycles. The van der Waals surface area contributed by atoms with E-state index in [1.165, 1.54) is 12.1 Å². The molecule has 1 aromatic heterocycles. The van der Waals surface area contributed by atoms with Crippen molar-refractivity contribution in [1.82, 2.24) is 15.1 Å². The van der Waals surface area contributed by atoms with Crippen LogP contribution in [-0.2, 0) is 4.79 Å². The van der Waals surface area contributed by atoms with Crippen LogP contribution in [0.2, 0.25) is 0 Å². The summed E-state index contributed by atoms with van der Waals surface area (Å²) >= 11 is 1.10. The minimum atomic E-state index is -0.396. The van der Waals surface area contributed by atoms with Crippen molar-refractivity contribution in [2.45, 2.75) is 5.22 Å². The Morgan fingerprint density at radius 3 is 2.51 bits per heavy atom. The molecular formula is C28H26FN5O4S. The average molecular weight is 548 g/mol. The first-order valence-electron chi connectivity index (χ1n) is 12.3. The van der Waals surface area contributed by atoms with Gasteiger partial charge in [-0.2, -0.15) is 0 Å². The van der Waals surface area contributed by atoms with Gasteiger partial charge in [-0.25, -0.2) is 4.39 Å². The zero-order valence-corrected chi connectivity index (χ0v) is 22.0. The molecule has 0 bridgehead atoms. The number of thioether (sulfide) groups is 1. The molecule has 1 aliphatic heterocycles. The molecule has 0 saturated carbocycles. The maximum atomic E-state index is 13.4. The van der Waals surface area contributed by atoms with Crippen molar-refractivity contribution in [1.29, 1.82) is 0 Å². The fraction of sp³-hybridized carbons (Fsp3) is 0.214. The molecule has 0 atom stereocenters. The highest BCUT2D eigenvalue weighted by molar-refractivity contribution is 7.99. The molecule has 1 N–H and O–H groups in total. The van der Waals surface area contributed by atoms with Crippen LogP contribution in [0.15, 0.2) is 82.4 Å². The molecule has 11 heteroatoms. The molecule has 5 rings (SSSR count). The normalized spacial score (nSPS) is 13.3. The standard InChI is InChI=1S/C28H26FN5O4S/c1-37-24-7-3-5-20(17-24)27(36)34-14-12-33(13-15-34)23-10-8-22(9-11-23)30-25(35)18-39-28-32-31-26(38-28)19-4-2-6-21(29)16-19/h2-11,16-17H,12-15,18H2,1H3,(H,30,35). The summed E-state index contributed by atoms with van der Waals surface area (Å²) < 4.78 is 24.2. The number of piperazine rings is 1. The van der Waals surface area contributed by atoms with Gasteiger partial charge in [0.15, 0.2) is 0 Å². The van der Waals surface area contributed by atoms with Crippen molar-refractivity contribution >= 4 is 35.0 Å². The van der Waals surface area contributed by atoms with Gasteiger partial charge in [-0.15, -0.1) is 10.2 Å². The van der Waals surface area contributed by atoms with E-state index in [1.807, 2.05) is 41.3 Å². The van der Waals surface area contributed by atoms with Gasteiger partial charge in [0, 0.05) is 48.7 Å². The minimum Gasteiger partial charge on any atom is -0.497 e. The lowest BCUT2D eigenvalue weighted by Gasteiger charge is -2.36. The largest absolute Gasteiger partial charge is 0.497 e. The predicted octanol–water partition coefficient (Wildman–Crippen LogP) is 4.58. The maximum Gasteiger partial charge on any atom is 0.277 e. The summed E-state index contributed by atoms with van der Waals surface area (Å²) in [5, 5.41) is 10.9. The Kier molecular flexibility index (Phi) is 8.07. The van der Waals surface area contributed by atoms with Crippen LogP contribution in [-0.4, -0.2) is 66.0 Å². The Labute approximate surface area is 229 Å². The predicted molar refractivity (Wildman–Crippen MR) is 147 cm³/mol. The summed E-state index contributed by atoms with van der Waals surface area (Å²) in [6.07, 6.45) is 0. The molecule has 39 heavy (non-hydrogen) atoms. The van der Waals surface area contributed by atoms with E-state index in [1.54, 1.807) is 31.4 Å². The molecular weight excluding hydrogens is 521 g/mol. The molecule has 1 saturated heterocycles. The van der Waals surface area contributed by atoms with Crippen LogP contribution < -0.4 is 15.0 Å². The summed E-state index contributed by atoms with van der Waals surface area (Å²) in [6.45, 7) is 2.64. The van der Waals surface area contributed by atoms with Crippen molar-refractivity contribution in [3.63, 3.8) is 0 Å². The molecule has 0 unspecified atom stereocenters. The van der Waals surface area contributed by atoms with E-state index in [2.05, 4.69) is 20.4 Å². The number of methoxy groups -OCH3 is 1. The van der Waals surface area contributed by atoms with E-state index < -0.39 is 5.82 Å². The third-order valence-corrected chi connectivity index (χ3v) is 7.02. The van der Waals surface area contributed by atoms with Crippen molar-refractivity contribution in [2.24, 2.45) is 0 Å². The number of ether oxygens (including phenoxy) is 1. The number of nitrogens with one attached hydrogen (secondary N) is 1. The Bertz CT molecular complexity index is 1450.